The highest BCUT2D eigenvalue weighted by molar-refractivity contribution is 9.10. The van der Waals surface area contributed by atoms with Crippen molar-refractivity contribution in [3.63, 3.8) is 0 Å². The monoisotopic (exact) mass is 1160 g/mol. The van der Waals surface area contributed by atoms with Crippen LogP contribution in [0.4, 0.5) is 0 Å². The fraction of sp³-hybridized carbons (Fsp3) is 0.105. The van der Waals surface area contributed by atoms with Crippen LogP contribution in [0, 0.1) is 0 Å². The first kappa shape index (κ1) is 52.1. The third-order valence-corrected chi connectivity index (χ3v) is 19.6. The molecule has 0 aromatic heterocycles. The lowest BCUT2D eigenvalue weighted by molar-refractivity contribution is 0.456. The van der Waals surface area contributed by atoms with E-state index in [-0.39, 0.29) is 21.7 Å². The maximum Gasteiger partial charge on any atom is 0.569 e. The maximum absolute atomic E-state index is 8.57. The predicted molar refractivity (Wildman–Crippen MR) is 345 cm³/mol. The molecule has 12 aromatic rings. The lowest BCUT2D eigenvalue weighted by Crippen LogP contribution is -2.40. The molecule has 2 nitrogen and oxygen atoms in total. The van der Waals surface area contributed by atoms with Crippen molar-refractivity contribution in [3.8, 4) is 39.1 Å². The second-order valence-corrected chi connectivity index (χ2v) is 24.5. The molecule has 16 rings (SSSR count). The van der Waals surface area contributed by atoms with E-state index >= 15 is 0 Å². The Bertz CT molecular complexity index is 4460. The average molecular weight is 1160 g/mol. The largest absolute Gasteiger partial charge is 0.569 e. The minimum absolute atomic E-state index is 0.0395. The molecule has 1 N–H and O–H groups in total. The molecule has 0 atom stereocenters. The molecule has 2 spiro atoms. The maximum atomic E-state index is 8.57. The molecule has 1 radical (unpaired) electrons. The van der Waals surface area contributed by atoms with Crippen LogP contribution in [-0.4, -0.2) is 12.7 Å². The smallest absolute Gasteiger partial charge is 0.537 e. The van der Waals surface area contributed by atoms with Gasteiger partial charge in [0.25, 0.3) is 0 Å². The van der Waals surface area contributed by atoms with Gasteiger partial charge in [-0.1, -0.05) is 297 Å². The Hall–Kier alpha value is -7.96. The number of rotatable bonds is 3. The molecule has 395 valence electrons. The minimum atomic E-state index is -0.382. The van der Waals surface area contributed by atoms with Gasteiger partial charge >= 0.3 is 7.69 Å². The molecule has 0 aliphatic heterocycles. The Morgan fingerprint density at radius 1 is 0.317 bits per heavy atom. The average Bonchev–Trinajstić information content (AvgIpc) is 1.71. The van der Waals surface area contributed by atoms with Crippen molar-refractivity contribution in [2.24, 2.45) is 0 Å². The summed E-state index contributed by atoms with van der Waals surface area (Å²) in [5.74, 6) is 0.590. The number of hydrogen-bond donors (Lipinski definition) is 1. The van der Waals surface area contributed by atoms with Crippen LogP contribution in [0.5, 0.6) is 5.75 Å². The zero-order valence-corrected chi connectivity index (χ0v) is 48.9. The van der Waals surface area contributed by atoms with Crippen molar-refractivity contribution in [3.05, 3.63) is 336 Å². The molecule has 4 aliphatic carbocycles. The summed E-state index contributed by atoms with van der Waals surface area (Å²) in [6.45, 7) is 9.46. The summed E-state index contributed by atoms with van der Waals surface area (Å²) in [6, 6.07) is 91.7. The van der Waals surface area contributed by atoms with Gasteiger partial charge in [0.15, 0.2) is 0 Å². The minimum Gasteiger partial charge on any atom is -0.537 e. The molecule has 6 heteroatoms. The first-order valence-corrected chi connectivity index (χ1v) is 29.5. The van der Waals surface area contributed by atoms with Crippen molar-refractivity contribution >= 4 is 68.4 Å². The molecular formula is C76H55BBrCl2O2. The van der Waals surface area contributed by atoms with E-state index < -0.39 is 0 Å². The van der Waals surface area contributed by atoms with Crippen LogP contribution in [0.2, 0.25) is 10.0 Å². The van der Waals surface area contributed by atoms with Gasteiger partial charge in [-0.2, -0.15) is 0 Å². The summed E-state index contributed by atoms with van der Waals surface area (Å²) < 4.78 is 6.11. The number of halogens is 3. The number of hydrogen-bond acceptors (Lipinski definition) is 2. The topological polar surface area (TPSA) is 29.5 Å². The fourth-order valence-electron chi connectivity index (χ4n) is 14.9. The van der Waals surface area contributed by atoms with Crippen molar-refractivity contribution in [2.75, 3.05) is 0 Å². The summed E-state index contributed by atoms with van der Waals surface area (Å²) in [6.07, 6.45) is 0. The van der Waals surface area contributed by atoms with Crippen LogP contribution in [0.25, 0.3) is 54.9 Å². The third-order valence-electron chi connectivity index (χ3n) is 18.3. The summed E-state index contributed by atoms with van der Waals surface area (Å²) in [5.41, 5.74) is 23.7. The van der Waals surface area contributed by atoms with Crippen molar-refractivity contribution in [1.82, 2.24) is 0 Å². The van der Waals surface area contributed by atoms with Crippen molar-refractivity contribution in [1.29, 1.82) is 0 Å². The first-order chi connectivity index (χ1) is 39.9. The van der Waals surface area contributed by atoms with E-state index in [1.165, 1.54) is 110 Å². The van der Waals surface area contributed by atoms with E-state index in [1.54, 1.807) is 12.1 Å². The second-order valence-electron chi connectivity index (χ2n) is 22.9. The Kier molecular flexibility index (Phi) is 12.7. The molecular weight excluding hydrogens is 1110 g/mol. The van der Waals surface area contributed by atoms with Crippen molar-refractivity contribution in [2.45, 2.75) is 49.4 Å². The van der Waals surface area contributed by atoms with Gasteiger partial charge in [-0.15, -0.1) is 0 Å². The molecule has 0 unspecified atom stereocenters. The molecule has 0 saturated carbocycles. The van der Waals surface area contributed by atoms with Gasteiger partial charge in [0.05, 0.1) is 10.8 Å². The summed E-state index contributed by atoms with van der Waals surface area (Å²) in [4.78, 5) is 0. The Balaban J connectivity index is 0.000000122. The van der Waals surface area contributed by atoms with E-state index in [0.717, 1.165) is 21.2 Å². The molecule has 0 heterocycles. The normalized spacial score (nSPS) is 15.0. The lowest BCUT2D eigenvalue weighted by atomic mass is 9.55. The molecule has 0 fully saturated rings. The van der Waals surface area contributed by atoms with Crippen LogP contribution < -0.4 is 4.65 Å². The van der Waals surface area contributed by atoms with Crippen LogP contribution >= 0.6 is 39.1 Å². The van der Waals surface area contributed by atoms with E-state index in [1.807, 2.05) is 30.3 Å². The van der Waals surface area contributed by atoms with E-state index in [9.17, 15) is 0 Å². The highest BCUT2D eigenvalue weighted by Gasteiger charge is 2.55. The molecule has 0 bridgehead atoms. The summed E-state index contributed by atoms with van der Waals surface area (Å²) in [5, 5.41) is 14.1. The number of fused-ring (bicyclic) bond motifs is 20. The van der Waals surface area contributed by atoms with Gasteiger partial charge < -0.3 is 9.68 Å². The van der Waals surface area contributed by atoms with E-state index in [2.05, 4.69) is 256 Å². The Labute approximate surface area is 499 Å². The fourth-order valence-corrected chi connectivity index (χ4v) is 15.9. The molecule has 0 saturated heterocycles. The second kappa shape index (κ2) is 19.9. The highest BCUT2D eigenvalue weighted by Crippen LogP contribution is 2.65. The molecule has 82 heavy (non-hydrogen) atoms. The lowest BCUT2D eigenvalue weighted by Gasteiger charge is -2.46. The van der Waals surface area contributed by atoms with Gasteiger partial charge in [-0.3, -0.25) is 0 Å². The van der Waals surface area contributed by atoms with Gasteiger partial charge in [0.2, 0.25) is 0 Å². The SMILES string of the molecule is CC1(C)c2ccccc2C2(c3ccccc3-c3c(-c4ccc(Cl)c5ccccc45)cccc32)c2ccccc21.CC1(C)c2ccccc2C2(c3ccccc3-c3c(Br)cccc32)c2ccccc21.O[B]Oc1ccc(Cl)c2ccccc12. The Morgan fingerprint density at radius 2 is 0.659 bits per heavy atom. The summed E-state index contributed by atoms with van der Waals surface area (Å²) >= 11 is 16.5. The standard InChI is InChI=1S/C38H27Cl.C28H21Br.C10H7BClO2/c1-37(2)30-17-7-9-19-32(30)38(33-20-10-8-18-31(33)37)29-16-6-5-14-28(29)36-27(15-11-21-34(36)38)25-22-23-35(39)26-13-4-3-12-24(25)26;1-27(2)20-12-5-7-14-22(20)28(23-15-8-6-13-21(23)27)19-11-4-3-10-18(19)26-24(28)16-9-17-25(26)29;12-9-5-6-10(14-11-13)8-4-2-1-3-7(8)9/h3-23H,1-2H3;3-17H,1-2H3;1-6,13H. The quantitative estimate of drug-likeness (QED) is 0.179. The van der Waals surface area contributed by atoms with E-state index in [0.29, 0.717) is 18.5 Å². The van der Waals surface area contributed by atoms with E-state index in [4.69, 9.17) is 32.9 Å². The molecule has 0 amide bonds. The number of benzene rings is 12. The Morgan fingerprint density at radius 3 is 1.15 bits per heavy atom. The van der Waals surface area contributed by atoms with Gasteiger partial charge in [0, 0.05) is 47.1 Å². The third kappa shape index (κ3) is 7.44. The van der Waals surface area contributed by atoms with Crippen LogP contribution in [-0.2, 0) is 21.7 Å². The molecule has 4 aliphatic rings. The van der Waals surface area contributed by atoms with Crippen LogP contribution in [0.15, 0.2) is 259 Å². The van der Waals surface area contributed by atoms with Crippen LogP contribution in [0.1, 0.15) is 94.5 Å². The van der Waals surface area contributed by atoms with Crippen LogP contribution in [0.3, 0.4) is 0 Å². The van der Waals surface area contributed by atoms with Crippen molar-refractivity contribution < 1.29 is 9.68 Å². The predicted octanol–water partition coefficient (Wildman–Crippen LogP) is 20.0. The first-order valence-electron chi connectivity index (χ1n) is 27.9. The zero-order valence-electron chi connectivity index (χ0n) is 45.8. The highest BCUT2D eigenvalue weighted by atomic mass is 79.9. The van der Waals surface area contributed by atoms with Gasteiger partial charge in [0.1, 0.15) is 5.75 Å². The summed E-state index contributed by atoms with van der Waals surface area (Å²) in [7, 11) is 0.662. The van der Waals surface area contributed by atoms with Gasteiger partial charge in [-0.25, -0.2) is 0 Å². The zero-order chi connectivity index (χ0) is 56.1. The van der Waals surface area contributed by atoms with Gasteiger partial charge in [-0.05, 0) is 124 Å². The molecule has 12 aromatic carbocycles.